The van der Waals surface area contributed by atoms with Crippen LogP contribution in [0.15, 0.2) is 48.8 Å². The Bertz CT molecular complexity index is 985. The van der Waals surface area contributed by atoms with Gasteiger partial charge in [-0.05, 0) is 36.3 Å². The Balaban J connectivity index is 1.71. The number of aromatic nitrogens is 5. The molecule has 0 radical (unpaired) electrons. The lowest BCUT2D eigenvalue weighted by Crippen LogP contribution is -1.91. The highest BCUT2D eigenvalue weighted by Crippen LogP contribution is 2.22. The second-order valence-electron chi connectivity index (χ2n) is 5.09. The summed E-state index contributed by atoms with van der Waals surface area (Å²) in [6, 6.07) is 12.1. The fourth-order valence-electron chi connectivity index (χ4n) is 2.31. The third kappa shape index (κ3) is 2.64. The van der Waals surface area contributed by atoms with Crippen LogP contribution < -0.4 is 0 Å². The number of benzene rings is 1. The van der Waals surface area contributed by atoms with Crippen LogP contribution in [0.4, 0.5) is 0 Å². The van der Waals surface area contributed by atoms with Gasteiger partial charge >= 0.3 is 0 Å². The molecule has 6 heteroatoms. The zero-order chi connectivity index (χ0) is 15.6. The molecule has 3 aromatic heterocycles. The van der Waals surface area contributed by atoms with Gasteiger partial charge in [-0.2, -0.15) is 9.61 Å². The molecule has 0 aliphatic rings. The van der Waals surface area contributed by atoms with Crippen molar-refractivity contribution < 1.29 is 0 Å². The van der Waals surface area contributed by atoms with Crippen molar-refractivity contribution in [2.45, 2.75) is 6.92 Å². The van der Waals surface area contributed by atoms with Crippen molar-refractivity contribution >= 4 is 28.4 Å². The van der Waals surface area contributed by atoms with Crippen molar-refractivity contribution in [3.8, 4) is 11.4 Å². The average Bonchev–Trinajstić information content (AvgIpc) is 3.15. The molecule has 0 saturated heterocycles. The molecule has 112 valence electrons. The van der Waals surface area contributed by atoms with E-state index in [1.165, 1.54) is 22.5 Å². The quantitative estimate of drug-likeness (QED) is 0.577. The van der Waals surface area contributed by atoms with E-state index in [9.17, 15) is 0 Å². The van der Waals surface area contributed by atoms with E-state index in [-0.39, 0.29) is 0 Å². The molecular weight excluding hydrogens is 306 g/mol. The van der Waals surface area contributed by atoms with Gasteiger partial charge in [0.15, 0.2) is 5.82 Å². The van der Waals surface area contributed by atoms with E-state index in [1.807, 2.05) is 30.3 Å². The minimum Gasteiger partial charge on any atom is -0.264 e. The predicted molar refractivity (Wildman–Crippen MR) is 92.0 cm³/mol. The van der Waals surface area contributed by atoms with Crippen molar-refractivity contribution in [1.82, 2.24) is 24.8 Å². The summed E-state index contributed by atoms with van der Waals surface area (Å²) in [5.41, 5.74) is 3.33. The van der Waals surface area contributed by atoms with E-state index in [1.54, 1.807) is 16.9 Å². The summed E-state index contributed by atoms with van der Waals surface area (Å²) in [6.45, 7) is 2.10. The number of hydrogen-bond donors (Lipinski definition) is 0. The molecule has 0 N–H and O–H groups in total. The second kappa shape index (κ2) is 5.73. The molecule has 4 aromatic rings. The highest BCUT2D eigenvalue weighted by molar-refractivity contribution is 7.17. The Kier molecular flexibility index (Phi) is 3.44. The third-order valence-corrected chi connectivity index (χ3v) is 4.38. The molecule has 0 aliphatic carbocycles. The molecule has 4 rings (SSSR count). The van der Waals surface area contributed by atoms with Crippen molar-refractivity contribution in [2.75, 3.05) is 0 Å². The normalized spacial score (nSPS) is 11.5. The van der Waals surface area contributed by atoms with Crippen LogP contribution in [-0.2, 0) is 0 Å². The van der Waals surface area contributed by atoms with Crippen LogP contribution in [0.25, 0.3) is 28.5 Å². The van der Waals surface area contributed by atoms with Crippen LogP contribution in [0, 0.1) is 6.92 Å². The first-order valence-corrected chi connectivity index (χ1v) is 7.99. The van der Waals surface area contributed by atoms with Crippen LogP contribution >= 0.6 is 11.3 Å². The van der Waals surface area contributed by atoms with Gasteiger partial charge < -0.3 is 0 Å². The Morgan fingerprint density at radius 1 is 1.04 bits per heavy atom. The summed E-state index contributed by atoms with van der Waals surface area (Å²) >= 11 is 1.51. The van der Waals surface area contributed by atoms with Gasteiger partial charge in [0, 0.05) is 18.0 Å². The number of hydrogen-bond acceptors (Lipinski definition) is 5. The molecule has 0 unspecified atom stereocenters. The molecule has 0 amide bonds. The van der Waals surface area contributed by atoms with Crippen molar-refractivity contribution in [3.63, 3.8) is 0 Å². The maximum atomic E-state index is 4.59. The maximum Gasteiger partial charge on any atom is 0.235 e. The van der Waals surface area contributed by atoms with Gasteiger partial charge in [-0.3, -0.25) is 4.98 Å². The molecule has 0 aliphatic heterocycles. The molecule has 1 aromatic carbocycles. The fraction of sp³-hybridized carbons (Fsp3) is 0.0588. The van der Waals surface area contributed by atoms with E-state index < -0.39 is 0 Å². The van der Waals surface area contributed by atoms with Crippen LogP contribution in [0.3, 0.4) is 0 Å². The summed E-state index contributed by atoms with van der Waals surface area (Å²) in [4.78, 5) is 4.89. The van der Waals surface area contributed by atoms with Gasteiger partial charge in [0.2, 0.25) is 4.96 Å². The minimum absolute atomic E-state index is 0.708. The Hall–Kier alpha value is -2.86. The summed E-state index contributed by atoms with van der Waals surface area (Å²) in [5, 5.41) is 13.9. The highest BCUT2D eigenvalue weighted by Gasteiger charge is 2.12. The minimum atomic E-state index is 0.708. The number of aryl methyl sites for hydroxylation is 1. The smallest absolute Gasteiger partial charge is 0.235 e. The van der Waals surface area contributed by atoms with Crippen LogP contribution in [0.1, 0.15) is 16.1 Å². The number of nitrogens with zero attached hydrogens (tertiary/aromatic N) is 5. The maximum absolute atomic E-state index is 4.59. The monoisotopic (exact) mass is 319 g/mol. The highest BCUT2D eigenvalue weighted by atomic mass is 32.1. The third-order valence-electron chi connectivity index (χ3n) is 3.52. The standard InChI is InChI=1S/C17H13N5S/c1-12-5-2-3-6-13(12)8-9-15-21-22-16(19-20-17(22)23-15)14-7-4-10-18-11-14/h2-11H,1H3. The zero-order valence-electron chi connectivity index (χ0n) is 12.4. The first-order chi connectivity index (χ1) is 11.3. The van der Waals surface area contributed by atoms with Gasteiger partial charge in [-0.15, -0.1) is 10.2 Å². The van der Waals surface area contributed by atoms with Crippen LogP contribution in [-0.4, -0.2) is 24.8 Å². The molecule has 0 spiro atoms. The molecule has 0 saturated carbocycles. The SMILES string of the molecule is Cc1ccccc1C=Cc1nn2c(-c3cccnc3)nnc2s1. The first-order valence-electron chi connectivity index (χ1n) is 7.17. The molecule has 3 heterocycles. The topological polar surface area (TPSA) is 56.0 Å². The van der Waals surface area contributed by atoms with Crippen molar-refractivity contribution in [1.29, 1.82) is 0 Å². The molecule has 0 atom stereocenters. The van der Waals surface area contributed by atoms with Gasteiger partial charge in [-0.25, -0.2) is 0 Å². The lowest BCUT2D eigenvalue weighted by molar-refractivity contribution is 0.958. The summed E-state index contributed by atoms with van der Waals surface area (Å²) in [6.07, 6.45) is 7.58. The van der Waals surface area contributed by atoms with Crippen molar-refractivity contribution in [2.24, 2.45) is 0 Å². The van der Waals surface area contributed by atoms with Gasteiger partial charge in [0.25, 0.3) is 0 Å². The van der Waals surface area contributed by atoms with Gasteiger partial charge in [0.1, 0.15) is 5.01 Å². The van der Waals surface area contributed by atoms with E-state index in [0.717, 1.165) is 15.5 Å². The number of rotatable bonds is 3. The van der Waals surface area contributed by atoms with Gasteiger partial charge in [0.05, 0.1) is 0 Å². The Morgan fingerprint density at radius 3 is 2.78 bits per heavy atom. The van der Waals surface area contributed by atoms with Crippen LogP contribution in [0.5, 0.6) is 0 Å². The molecular formula is C17H13N5S. The van der Waals surface area contributed by atoms with Crippen LogP contribution in [0.2, 0.25) is 0 Å². The predicted octanol–water partition coefficient (Wildman–Crippen LogP) is 3.73. The number of fused-ring (bicyclic) bond motifs is 1. The molecule has 5 nitrogen and oxygen atoms in total. The van der Waals surface area contributed by atoms with Gasteiger partial charge in [-0.1, -0.05) is 41.7 Å². The molecule has 23 heavy (non-hydrogen) atoms. The van der Waals surface area contributed by atoms with E-state index in [0.29, 0.717) is 5.82 Å². The Labute approximate surface area is 137 Å². The second-order valence-corrected chi connectivity index (χ2v) is 6.08. The van der Waals surface area contributed by atoms with Crippen molar-refractivity contribution in [3.05, 3.63) is 64.9 Å². The summed E-state index contributed by atoms with van der Waals surface area (Å²) < 4.78 is 1.76. The van der Waals surface area contributed by atoms with E-state index in [4.69, 9.17) is 0 Å². The van der Waals surface area contributed by atoms with E-state index >= 15 is 0 Å². The first kappa shape index (κ1) is 13.8. The Morgan fingerprint density at radius 2 is 1.96 bits per heavy atom. The van der Waals surface area contributed by atoms with E-state index in [2.05, 4.69) is 45.4 Å². The zero-order valence-corrected chi connectivity index (χ0v) is 13.2. The molecule has 0 fully saturated rings. The summed E-state index contributed by atoms with van der Waals surface area (Å²) in [7, 11) is 0. The lowest BCUT2D eigenvalue weighted by Gasteiger charge is -1.97. The fourth-order valence-corrected chi connectivity index (χ4v) is 3.05. The lowest BCUT2D eigenvalue weighted by atomic mass is 10.1. The summed E-state index contributed by atoms with van der Waals surface area (Å²) in [5.74, 6) is 0.708. The number of pyridine rings is 1. The molecule has 0 bridgehead atoms. The largest absolute Gasteiger partial charge is 0.264 e. The average molecular weight is 319 g/mol.